The van der Waals surface area contributed by atoms with Crippen LogP contribution in [0.3, 0.4) is 0 Å². The number of aromatic nitrogens is 2. The molecule has 4 nitrogen and oxygen atoms in total. The lowest BCUT2D eigenvalue weighted by atomic mass is 10.0. The molecular weight excluding hydrogens is 190 g/mol. The summed E-state index contributed by atoms with van der Waals surface area (Å²) in [6, 6.07) is 0.297. The van der Waals surface area contributed by atoms with E-state index in [-0.39, 0.29) is 6.61 Å². The van der Waals surface area contributed by atoms with Crippen molar-refractivity contribution in [1.82, 2.24) is 15.1 Å². The van der Waals surface area contributed by atoms with Crippen molar-refractivity contribution < 1.29 is 5.11 Å². The van der Waals surface area contributed by atoms with Gasteiger partial charge in [0.25, 0.3) is 0 Å². The number of aliphatic hydroxyl groups excluding tert-OH is 1. The molecule has 1 aromatic rings. The molecule has 0 spiro atoms. The van der Waals surface area contributed by atoms with Crippen molar-refractivity contribution >= 4 is 0 Å². The fourth-order valence-electron chi connectivity index (χ4n) is 1.98. The molecule has 0 aliphatic rings. The van der Waals surface area contributed by atoms with Crippen molar-refractivity contribution in [3.63, 3.8) is 0 Å². The molecule has 1 rings (SSSR count). The summed E-state index contributed by atoms with van der Waals surface area (Å²) in [5.74, 6) is 0. The van der Waals surface area contributed by atoms with Crippen LogP contribution < -0.4 is 5.32 Å². The minimum atomic E-state index is 0.175. The Bertz CT molecular complexity index is 320. The zero-order chi connectivity index (χ0) is 11.4. The average molecular weight is 211 g/mol. The van der Waals surface area contributed by atoms with E-state index in [2.05, 4.69) is 24.3 Å². The highest BCUT2D eigenvalue weighted by Crippen LogP contribution is 2.23. The Balaban J connectivity index is 2.90. The van der Waals surface area contributed by atoms with Gasteiger partial charge in [-0.3, -0.25) is 4.68 Å². The summed E-state index contributed by atoms with van der Waals surface area (Å²) < 4.78 is 1.91. The van der Waals surface area contributed by atoms with E-state index in [0.29, 0.717) is 12.6 Å². The molecule has 0 radical (unpaired) electrons. The minimum Gasteiger partial charge on any atom is -0.395 e. The van der Waals surface area contributed by atoms with E-state index in [1.165, 1.54) is 11.3 Å². The van der Waals surface area contributed by atoms with Crippen LogP contribution in [-0.4, -0.2) is 28.0 Å². The Morgan fingerprint density at radius 1 is 1.47 bits per heavy atom. The summed E-state index contributed by atoms with van der Waals surface area (Å²) in [7, 11) is 1.96. The zero-order valence-corrected chi connectivity index (χ0v) is 10.0. The molecule has 0 saturated heterocycles. The maximum absolute atomic E-state index is 8.82. The van der Waals surface area contributed by atoms with Gasteiger partial charge in [-0.15, -0.1) is 0 Å². The lowest BCUT2D eigenvalue weighted by molar-refractivity contribution is 0.283. The van der Waals surface area contributed by atoms with Crippen LogP contribution in [0.5, 0.6) is 0 Å². The summed E-state index contributed by atoms with van der Waals surface area (Å²) in [5, 5.41) is 16.5. The molecule has 0 amide bonds. The maximum Gasteiger partial charge on any atom is 0.0644 e. The second-order valence-electron chi connectivity index (χ2n) is 3.85. The zero-order valence-electron chi connectivity index (χ0n) is 10.0. The van der Waals surface area contributed by atoms with Crippen molar-refractivity contribution in [3.05, 3.63) is 17.0 Å². The molecule has 1 aromatic heterocycles. The molecule has 0 aliphatic heterocycles. The number of nitrogens with zero attached hydrogens (tertiary/aromatic N) is 2. The van der Waals surface area contributed by atoms with Gasteiger partial charge >= 0.3 is 0 Å². The average Bonchev–Trinajstić information content (AvgIpc) is 2.45. The number of aryl methyl sites for hydroxylation is 2. The van der Waals surface area contributed by atoms with Crippen molar-refractivity contribution in [2.24, 2.45) is 7.05 Å². The van der Waals surface area contributed by atoms with Gasteiger partial charge in [0.1, 0.15) is 0 Å². The maximum atomic E-state index is 8.82. The van der Waals surface area contributed by atoms with Gasteiger partial charge in [-0.2, -0.15) is 5.10 Å². The molecule has 0 fully saturated rings. The number of rotatable bonds is 5. The van der Waals surface area contributed by atoms with E-state index in [4.69, 9.17) is 5.11 Å². The summed E-state index contributed by atoms with van der Waals surface area (Å²) in [4.78, 5) is 0. The molecule has 4 heteroatoms. The molecule has 1 unspecified atom stereocenters. The Labute approximate surface area is 91.3 Å². The van der Waals surface area contributed by atoms with E-state index < -0.39 is 0 Å². The van der Waals surface area contributed by atoms with E-state index in [0.717, 1.165) is 12.1 Å². The van der Waals surface area contributed by atoms with Crippen LogP contribution >= 0.6 is 0 Å². The second-order valence-corrected chi connectivity index (χ2v) is 3.85. The molecule has 1 heterocycles. The van der Waals surface area contributed by atoms with Crippen LogP contribution in [0, 0.1) is 13.8 Å². The molecule has 86 valence electrons. The quantitative estimate of drug-likeness (QED) is 0.766. The van der Waals surface area contributed by atoms with Crippen LogP contribution in [0.25, 0.3) is 0 Å². The fourth-order valence-corrected chi connectivity index (χ4v) is 1.98. The van der Waals surface area contributed by atoms with Crippen LogP contribution in [0.15, 0.2) is 0 Å². The highest BCUT2D eigenvalue weighted by molar-refractivity contribution is 5.28. The van der Waals surface area contributed by atoms with Crippen LogP contribution in [0.2, 0.25) is 0 Å². The molecule has 0 saturated carbocycles. The Morgan fingerprint density at radius 3 is 2.53 bits per heavy atom. The van der Waals surface area contributed by atoms with Gasteiger partial charge in [0.05, 0.1) is 12.3 Å². The summed E-state index contributed by atoms with van der Waals surface area (Å²) in [5.41, 5.74) is 3.55. The summed E-state index contributed by atoms with van der Waals surface area (Å²) in [6.45, 7) is 7.06. The Kier molecular flexibility index (Phi) is 4.29. The van der Waals surface area contributed by atoms with Gasteiger partial charge in [-0.05, 0) is 20.3 Å². The van der Waals surface area contributed by atoms with Gasteiger partial charge in [0.2, 0.25) is 0 Å². The van der Waals surface area contributed by atoms with E-state index in [1.54, 1.807) is 0 Å². The van der Waals surface area contributed by atoms with E-state index in [9.17, 15) is 0 Å². The molecule has 0 bridgehead atoms. The predicted molar refractivity (Wildman–Crippen MR) is 60.8 cm³/mol. The SMILES string of the molecule is CCC(NCCO)c1c(C)nn(C)c1C. The van der Waals surface area contributed by atoms with Gasteiger partial charge in [-0.25, -0.2) is 0 Å². The summed E-state index contributed by atoms with van der Waals surface area (Å²) in [6.07, 6.45) is 1.01. The Hall–Kier alpha value is -0.870. The van der Waals surface area contributed by atoms with Crippen molar-refractivity contribution in [2.75, 3.05) is 13.2 Å². The molecular formula is C11H21N3O. The lowest BCUT2D eigenvalue weighted by Crippen LogP contribution is -2.24. The number of aliphatic hydroxyl groups is 1. The highest BCUT2D eigenvalue weighted by atomic mass is 16.3. The lowest BCUT2D eigenvalue weighted by Gasteiger charge is -2.17. The van der Waals surface area contributed by atoms with Crippen LogP contribution in [0.1, 0.15) is 36.3 Å². The van der Waals surface area contributed by atoms with Gasteiger partial charge < -0.3 is 10.4 Å². The van der Waals surface area contributed by atoms with Crippen molar-refractivity contribution in [2.45, 2.75) is 33.2 Å². The van der Waals surface area contributed by atoms with Crippen molar-refractivity contribution in [3.8, 4) is 0 Å². The summed E-state index contributed by atoms with van der Waals surface area (Å²) >= 11 is 0. The first-order chi connectivity index (χ1) is 7.11. The molecule has 0 aromatic carbocycles. The second kappa shape index (κ2) is 5.28. The first-order valence-corrected chi connectivity index (χ1v) is 5.46. The van der Waals surface area contributed by atoms with Gasteiger partial charge in [-0.1, -0.05) is 6.92 Å². The first kappa shape index (κ1) is 12.2. The molecule has 0 aliphatic carbocycles. The van der Waals surface area contributed by atoms with Gasteiger partial charge in [0, 0.05) is 30.9 Å². The third kappa shape index (κ3) is 2.58. The highest BCUT2D eigenvalue weighted by Gasteiger charge is 2.17. The Morgan fingerprint density at radius 2 is 2.13 bits per heavy atom. The third-order valence-corrected chi connectivity index (χ3v) is 2.82. The largest absolute Gasteiger partial charge is 0.395 e. The number of hydrogen-bond donors (Lipinski definition) is 2. The molecule has 1 atom stereocenters. The topological polar surface area (TPSA) is 50.1 Å². The van der Waals surface area contributed by atoms with Crippen molar-refractivity contribution in [1.29, 1.82) is 0 Å². The monoisotopic (exact) mass is 211 g/mol. The minimum absolute atomic E-state index is 0.175. The van der Waals surface area contributed by atoms with Crippen LogP contribution in [-0.2, 0) is 7.05 Å². The molecule has 15 heavy (non-hydrogen) atoms. The van der Waals surface area contributed by atoms with E-state index >= 15 is 0 Å². The third-order valence-electron chi connectivity index (χ3n) is 2.82. The first-order valence-electron chi connectivity index (χ1n) is 5.46. The van der Waals surface area contributed by atoms with Gasteiger partial charge in [0.15, 0.2) is 0 Å². The fraction of sp³-hybridized carbons (Fsp3) is 0.727. The number of nitrogens with one attached hydrogen (secondary N) is 1. The normalized spacial score (nSPS) is 13.1. The van der Waals surface area contributed by atoms with Crippen LogP contribution in [0.4, 0.5) is 0 Å². The molecule has 2 N–H and O–H groups in total. The standard InChI is InChI=1S/C11H21N3O/c1-5-10(12-6-7-15)11-8(2)13-14(4)9(11)3/h10,12,15H,5-7H2,1-4H3. The predicted octanol–water partition coefficient (Wildman–Crippen LogP) is 1.07. The smallest absolute Gasteiger partial charge is 0.0644 e. The van der Waals surface area contributed by atoms with E-state index in [1.807, 2.05) is 18.7 Å². The number of hydrogen-bond acceptors (Lipinski definition) is 3.